The van der Waals surface area contributed by atoms with Crippen molar-refractivity contribution in [3.63, 3.8) is 0 Å². The zero-order valence-corrected chi connectivity index (χ0v) is 10.0. The average Bonchev–Trinajstić information content (AvgIpc) is 2.15. The normalized spacial score (nSPS) is 10.9. The van der Waals surface area contributed by atoms with E-state index in [0.717, 1.165) is 12.8 Å². The van der Waals surface area contributed by atoms with Crippen molar-refractivity contribution >= 4 is 5.78 Å². The topological polar surface area (TPSA) is 20.3 Å². The molecule has 0 aliphatic rings. The monoisotopic (exact) mass is 199 g/mol. The summed E-state index contributed by atoms with van der Waals surface area (Å²) >= 11 is 0. The van der Waals surface area contributed by atoms with Crippen LogP contribution in [0.25, 0.3) is 0 Å². The highest BCUT2D eigenvalue weighted by Gasteiger charge is 1.97. The van der Waals surface area contributed by atoms with Gasteiger partial charge < -0.3 is 4.90 Å². The van der Waals surface area contributed by atoms with Gasteiger partial charge in [0.15, 0.2) is 0 Å². The first-order valence-corrected chi connectivity index (χ1v) is 5.83. The van der Waals surface area contributed by atoms with Crippen LogP contribution in [0.1, 0.15) is 51.9 Å². The van der Waals surface area contributed by atoms with Gasteiger partial charge in [0.25, 0.3) is 0 Å². The molecule has 2 nitrogen and oxygen atoms in total. The summed E-state index contributed by atoms with van der Waals surface area (Å²) in [5, 5.41) is 0. The lowest BCUT2D eigenvalue weighted by atomic mass is 10.1. The third-order valence-corrected chi connectivity index (χ3v) is 2.46. The van der Waals surface area contributed by atoms with Gasteiger partial charge in [-0.05, 0) is 33.5 Å². The maximum absolute atomic E-state index is 11.0. The number of rotatable bonds is 9. The number of carbonyl (C=O) groups excluding carboxylic acids is 1. The van der Waals surface area contributed by atoms with E-state index < -0.39 is 0 Å². The molecule has 0 bridgehead atoms. The number of carbonyl (C=O) groups is 1. The smallest absolute Gasteiger partial charge is 0.132 e. The molecule has 0 saturated carbocycles. The van der Waals surface area contributed by atoms with Crippen molar-refractivity contribution in [3.8, 4) is 0 Å². The molecular weight excluding hydrogens is 174 g/mol. The second kappa shape index (κ2) is 9.20. The van der Waals surface area contributed by atoms with Crippen LogP contribution in [-0.2, 0) is 4.79 Å². The first-order chi connectivity index (χ1) is 6.66. The van der Waals surface area contributed by atoms with Crippen LogP contribution in [0.15, 0.2) is 0 Å². The maximum atomic E-state index is 11.0. The van der Waals surface area contributed by atoms with Gasteiger partial charge in [-0.1, -0.05) is 26.2 Å². The molecule has 0 spiro atoms. The Hall–Kier alpha value is -0.370. The molecule has 0 amide bonds. The van der Waals surface area contributed by atoms with Crippen LogP contribution in [0.4, 0.5) is 0 Å². The zero-order valence-electron chi connectivity index (χ0n) is 10.0. The lowest BCUT2D eigenvalue weighted by Gasteiger charge is -2.08. The van der Waals surface area contributed by atoms with Crippen LogP contribution in [0, 0.1) is 0 Å². The molecule has 84 valence electrons. The van der Waals surface area contributed by atoms with E-state index in [9.17, 15) is 4.79 Å². The quantitative estimate of drug-likeness (QED) is 0.532. The van der Waals surface area contributed by atoms with Crippen molar-refractivity contribution in [1.82, 2.24) is 4.90 Å². The fraction of sp³-hybridized carbons (Fsp3) is 0.917. The van der Waals surface area contributed by atoms with Gasteiger partial charge in [-0.25, -0.2) is 0 Å². The Bertz CT molecular complexity index is 143. The Kier molecular flexibility index (Phi) is 8.95. The van der Waals surface area contributed by atoms with Gasteiger partial charge in [0.1, 0.15) is 5.78 Å². The summed E-state index contributed by atoms with van der Waals surface area (Å²) in [5.41, 5.74) is 0. The SMILES string of the molecule is CCC(=O)CCCCCCCN(C)C. The predicted molar refractivity (Wildman–Crippen MR) is 61.6 cm³/mol. The van der Waals surface area contributed by atoms with Crippen LogP contribution in [0.5, 0.6) is 0 Å². The van der Waals surface area contributed by atoms with Gasteiger partial charge in [-0.15, -0.1) is 0 Å². The summed E-state index contributed by atoms with van der Waals surface area (Å²) in [7, 11) is 4.22. The highest BCUT2D eigenvalue weighted by molar-refractivity contribution is 5.77. The van der Waals surface area contributed by atoms with Crippen molar-refractivity contribution in [3.05, 3.63) is 0 Å². The van der Waals surface area contributed by atoms with Gasteiger partial charge in [0.2, 0.25) is 0 Å². The summed E-state index contributed by atoms with van der Waals surface area (Å²) in [6, 6.07) is 0. The molecule has 0 saturated heterocycles. The summed E-state index contributed by atoms with van der Waals surface area (Å²) in [6.45, 7) is 3.13. The molecule has 0 rings (SSSR count). The number of hydrogen-bond acceptors (Lipinski definition) is 2. The number of unbranched alkanes of at least 4 members (excludes halogenated alkanes) is 4. The van der Waals surface area contributed by atoms with E-state index in [1.165, 1.54) is 32.2 Å². The standard InChI is InChI=1S/C12H25NO/c1-4-12(14)10-8-6-5-7-9-11-13(2)3/h4-11H2,1-3H3. The van der Waals surface area contributed by atoms with E-state index in [4.69, 9.17) is 0 Å². The van der Waals surface area contributed by atoms with Gasteiger partial charge >= 0.3 is 0 Å². The van der Waals surface area contributed by atoms with Crippen molar-refractivity contribution < 1.29 is 4.79 Å². The van der Waals surface area contributed by atoms with Crippen molar-refractivity contribution in [2.24, 2.45) is 0 Å². The summed E-state index contributed by atoms with van der Waals surface area (Å²) in [6.07, 6.45) is 7.69. The van der Waals surface area contributed by atoms with Crippen LogP contribution < -0.4 is 0 Å². The van der Waals surface area contributed by atoms with Crippen LogP contribution in [0.3, 0.4) is 0 Å². The molecule has 0 N–H and O–H groups in total. The highest BCUT2D eigenvalue weighted by atomic mass is 16.1. The first-order valence-electron chi connectivity index (χ1n) is 5.83. The molecule has 0 aromatic heterocycles. The fourth-order valence-electron chi connectivity index (χ4n) is 1.46. The van der Waals surface area contributed by atoms with Crippen LogP contribution in [-0.4, -0.2) is 31.3 Å². The van der Waals surface area contributed by atoms with E-state index in [0.29, 0.717) is 12.2 Å². The summed E-state index contributed by atoms with van der Waals surface area (Å²) in [4.78, 5) is 13.2. The first kappa shape index (κ1) is 13.6. The van der Waals surface area contributed by atoms with Gasteiger partial charge in [-0.3, -0.25) is 4.79 Å². The minimum absolute atomic E-state index is 0.415. The molecule has 0 radical (unpaired) electrons. The molecule has 0 heterocycles. The molecule has 0 aliphatic carbocycles. The minimum atomic E-state index is 0.415. The lowest BCUT2D eigenvalue weighted by molar-refractivity contribution is -0.118. The molecule has 0 unspecified atom stereocenters. The summed E-state index contributed by atoms with van der Waals surface area (Å²) in [5.74, 6) is 0.415. The third kappa shape index (κ3) is 9.72. The number of hydrogen-bond donors (Lipinski definition) is 0. The van der Waals surface area contributed by atoms with Crippen LogP contribution >= 0.6 is 0 Å². The van der Waals surface area contributed by atoms with Crippen molar-refractivity contribution in [2.75, 3.05) is 20.6 Å². The summed E-state index contributed by atoms with van der Waals surface area (Å²) < 4.78 is 0. The molecule has 2 heteroatoms. The predicted octanol–water partition coefficient (Wildman–Crippen LogP) is 2.87. The number of nitrogens with zero attached hydrogens (tertiary/aromatic N) is 1. The molecular formula is C12H25NO. The van der Waals surface area contributed by atoms with Gasteiger partial charge in [0, 0.05) is 12.8 Å². The van der Waals surface area contributed by atoms with E-state index in [-0.39, 0.29) is 0 Å². The number of ketones is 1. The Morgan fingerprint density at radius 2 is 1.57 bits per heavy atom. The van der Waals surface area contributed by atoms with E-state index in [1.807, 2.05) is 6.92 Å². The average molecular weight is 199 g/mol. The fourth-order valence-corrected chi connectivity index (χ4v) is 1.46. The maximum Gasteiger partial charge on any atom is 0.132 e. The number of Topliss-reactive ketones (excluding diaryl/α,β-unsaturated/α-hetero) is 1. The Balaban J connectivity index is 3.03. The second-order valence-electron chi connectivity index (χ2n) is 4.21. The molecule has 14 heavy (non-hydrogen) atoms. The van der Waals surface area contributed by atoms with E-state index in [1.54, 1.807) is 0 Å². The van der Waals surface area contributed by atoms with Crippen molar-refractivity contribution in [2.45, 2.75) is 51.9 Å². The Labute approximate surface area is 88.7 Å². The zero-order chi connectivity index (χ0) is 10.8. The lowest BCUT2D eigenvalue weighted by Crippen LogP contribution is -2.12. The van der Waals surface area contributed by atoms with Gasteiger partial charge in [0.05, 0.1) is 0 Å². The minimum Gasteiger partial charge on any atom is -0.309 e. The van der Waals surface area contributed by atoms with E-state index in [2.05, 4.69) is 19.0 Å². The molecule has 0 fully saturated rings. The highest BCUT2D eigenvalue weighted by Crippen LogP contribution is 2.06. The van der Waals surface area contributed by atoms with Crippen molar-refractivity contribution in [1.29, 1.82) is 0 Å². The third-order valence-electron chi connectivity index (χ3n) is 2.46. The molecule has 0 aromatic rings. The Morgan fingerprint density at radius 1 is 1.00 bits per heavy atom. The van der Waals surface area contributed by atoms with E-state index >= 15 is 0 Å². The Morgan fingerprint density at radius 3 is 2.14 bits per heavy atom. The molecule has 0 aliphatic heterocycles. The van der Waals surface area contributed by atoms with Crippen LogP contribution in [0.2, 0.25) is 0 Å². The molecule has 0 atom stereocenters. The second-order valence-corrected chi connectivity index (χ2v) is 4.21. The molecule has 0 aromatic carbocycles. The van der Waals surface area contributed by atoms with Gasteiger partial charge in [-0.2, -0.15) is 0 Å². The largest absolute Gasteiger partial charge is 0.309 e.